The molecule has 0 bridgehead atoms. The second-order valence-corrected chi connectivity index (χ2v) is 4.77. The number of esters is 3. The molecule has 0 unspecified atom stereocenters. The van der Waals surface area contributed by atoms with Crippen LogP contribution in [0.2, 0.25) is 0 Å². The maximum absolute atomic E-state index is 11.4. The molecule has 0 aromatic rings. The van der Waals surface area contributed by atoms with Gasteiger partial charge in [-0.2, -0.15) is 0 Å². The quantitative estimate of drug-likeness (QED) is 0.383. The summed E-state index contributed by atoms with van der Waals surface area (Å²) in [4.78, 5) is 33.3. The molecule has 0 aromatic carbocycles. The van der Waals surface area contributed by atoms with E-state index >= 15 is 0 Å². The van der Waals surface area contributed by atoms with E-state index < -0.39 is 23.3 Å². The molecule has 0 aliphatic rings. The Morgan fingerprint density at radius 2 is 1.30 bits per heavy atom. The SMILES string of the molecule is C=C(C)C(=O)OCC(CC)(COC(C)=O)COC(C)=O. The van der Waals surface area contributed by atoms with E-state index in [1.807, 2.05) is 6.92 Å². The zero-order chi connectivity index (χ0) is 15.8. The van der Waals surface area contributed by atoms with Gasteiger partial charge >= 0.3 is 17.9 Å². The molecule has 6 nitrogen and oxygen atoms in total. The highest BCUT2D eigenvalue weighted by atomic mass is 16.6. The Hall–Kier alpha value is -1.85. The van der Waals surface area contributed by atoms with Crippen LogP contribution in [0, 0.1) is 5.41 Å². The molecule has 0 heterocycles. The zero-order valence-corrected chi connectivity index (χ0v) is 12.5. The third kappa shape index (κ3) is 6.92. The summed E-state index contributed by atoms with van der Waals surface area (Å²) in [5, 5.41) is 0. The molecule has 114 valence electrons. The summed E-state index contributed by atoms with van der Waals surface area (Å²) in [6.07, 6.45) is 0.511. The predicted molar refractivity (Wildman–Crippen MR) is 71.8 cm³/mol. The van der Waals surface area contributed by atoms with Gasteiger partial charge in [0.15, 0.2) is 0 Å². The van der Waals surface area contributed by atoms with Gasteiger partial charge in [0.2, 0.25) is 0 Å². The first kappa shape index (κ1) is 18.1. The van der Waals surface area contributed by atoms with Crippen molar-refractivity contribution in [3.63, 3.8) is 0 Å². The van der Waals surface area contributed by atoms with Gasteiger partial charge in [0.1, 0.15) is 19.8 Å². The highest BCUT2D eigenvalue weighted by Gasteiger charge is 2.33. The summed E-state index contributed by atoms with van der Waals surface area (Å²) >= 11 is 0. The Balaban J connectivity index is 4.79. The van der Waals surface area contributed by atoms with Crippen molar-refractivity contribution in [3.8, 4) is 0 Å². The van der Waals surface area contributed by atoms with Crippen LogP contribution in [0.25, 0.3) is 0 Å². The minimum absolute atomic E-state index is 0.00951. The summed E-state index contributed by atoms with van der Waals surface area (Å²) in [5.74, 6) is -1.43. The lowest BCUT2D eigenvalue weighted by atomic mass is 9.88. The fourth-order valence-electron chi connectivity index (χ4n) is 1.28. The number of carbonyl (C=O) groups excluding carboxylic acids is 3. The van der Waals surface area contributed by atoms with Gasteiger partial charge in [-0.15, -0.1) is 0 Å². The summed E-state index contributed by atoms with van der Waals surface area (Å²) in [5.41, 5.74) is -0.474. The first-order chi connectivity index (χ1) is 9.22. The molecule has 0 N–H and O–H groups in total. The van der Waals surface area contributed by atoms with Crippen molar-refractivity contribution in [2.45, 2.75) is 34.1 Å². The topological polar surface area (TPSA) is 78.9 Å². The number of hydrogen-bond donors (Lipinski definition) is 0. The van der Waals surface area contributed by atoms with E-state index in [1.54, 1.807) is 0 Å². The number of rotatable bonds is 8. The molecule has 0 saturated heterocycles. The second kappa shape index (κ2) is 8.35. The molecule has 0 fully saturated rings. The monoisotopic (exact) mass is 286 g/mol. The van der Waals surface area contributed by atoms with Gasteiger partial charge < -0.3 is 14.2 Å². The molecule has 0 rings (SSSR count). The highest BCUT2D eigenvalue weighted by Crippen LogP contribution is 2.24. The Bertz CT molecular complexity index is 367. The van der Waals surface area contributed by atoms with Crippen molar-refractivity contribution in [2.24, 2.45) is 5.41 Å². The van der Waals surface area contributed by atoms with Crippen LogP contribution in [0.3, 0.4) is 0 Å². The van der Waals surface area contributed by atoms with Crippen LogP contribution in [-0.2, 0) is 28.6 Å². The van der Waals surface area contributed by atoms with Crippen LogP contribution < -0.4 is 0 Å². The van der Waals surface area contributed by atoms with E-state index in [9.17, 15) is 14.4 Å². The number of carbonyl (C=O) groups is 3. The highest BCUT2D eigenvalue weighted by molar-refractivity contribution is 5.86. The van der Waals surface area contributed by atoms with E-state index in [4.69, 9.17) is 14.2 Å². The van der Waals surface area contributed by atoms with Crippen LogP contribution in [0.1, 0.15) is 34.1 Å². The lowest BCUT2D eigenvalue weighted by Gasteiger charge is -2.30. The van der Waals surface area contributed by atoms with E-state index in [-0.39, 0.29) is 25.4 Å². The van der Waals surface area contributed by atoms with Crippen molar-refractivity contribution in [2.75, 3.05) is 19.8 Å². The van der Waals surface area contributed by atoms with E-state index in [1.165, 1.54) is 20.8 Å². The van der Waals surface area contributed by atoms with Gasteiger partial charge in [-0.05, 0) is 13.3 Å². The van der Waals surface area contributed by atoms with Gasteiger partial charge in [0.25, 0.3) is 0 Å². The summed E-state index contributed by atoms with van der Waals surface area (Å²) in [6.45, 7) is 9.42. The Kier molecular flexibility index (Phi) is 7.57. The minimum atomic E-state index is -0.748. The molecule has 0 radical (unpaired) electrons. The molecular weight excluding hydrogens is 264 g/mol. The zero-order valence-electron chi connectivity index (χ0n) is 12.5. The third-order valence-corrected chi connectivity index (χ3v) is 2.77. The summed E-state index contributed by atoms with van der Waals surface area (Å²) in [6, 6.07) is 0. The molecule has 0 aliphatic heterocycles. The van der Waals surface area contributed by atoms with Crippen LogP contribution in [0.4, 0.5) is 0 Å². The van der Waals surface area contributed by atoms with Gasteiger partial charge in [-0.1, -0.05) is 13.5 Å². The first-order valence-electron chi connectivity index (χ1n) is 6.32. The average molecular weight is 286 g/mol. The van der Waals surface area contributed by atoms with Crippen LogP contribution in [-0.4, -0.2) is 37.7 Å². The van der Waals surface area contributed by atoms with Gasteiger partial charge in [-0.3, -0.25) is 9.59 Å². The maximum Gasteiger partial charge on any atom is 0.333 e. The van der Waals surface area contributed by atoms with Crippen molar-refractivity contribution < 1.29 is 28.6 Å². The fourth-order valence-corrected chi connectivity index (χ4v) is 1.28. The Labute approximate surface area is 119 Å². The smallest absolute Gasteiger partial charge is 0.333 e. The molecule has 0 atom stereocenters. The van der Waals surface area contributed by atoms with Crippen molar-refractivity contribution in [3.05, 3.63) is 12.2 Å². The molecule has 0 saturated carbocycles. The van der Waals surface area contributed by atoms with Crippen molar-refractivity contribution >= 4 is 17.9 Å². The van der Waals surface area contributed by atoms with Gasteiger partial charge in [0, 0.05) is 19.4 Å². The largest absolute Gasteiger partial charge is 0.465 e. The molecule has 6 heteroatoms. The van der Waals surface area contributed by atoms with E-state index in [2.05, 4.69) is 6.58 Å². The lowest BCUT2D eigenvalue weighted by molar-refractivity contribution is -0.158. The Morgan fingerprint density at radius 3 is 1.60 bits per heavy atom. The number of hydrogen-bond acceptors (Lipinski definition) is 6. The number of ether oxygens (including phenoxy) is 3. The summed E-state index contributed by atoms with van der Waals surface area (Å²) < 4.78 is 15.1. The van der Waals surface area contributed by atoms with Crippen LogP contribution in [0.5, 0.6) is 0 Å². The Morgan fingerprint density at radius 1 is 0.900 bits per heavy atom. The van der Waals surface area contributed by atoms with Gasteiger partial charge in [-0.25, -0.2) is 4.79 Å². The summed E-state index contributed by atoms with van der Waals surface area (Å²) in [7, 11) is 0. The molecule has 0 amide bonds. The van der Waals surface area contributed by atoms with Crippen molar-refractivity contribution in [1.29, 1.82) is 0 Å². The molecular formula is C14H22O6. The maximum atomic E-state index is 11.4. The standard InChI is InChI=1S/C14H22O6/c1-6-14(7-18-11(4)15,8-19-12(5)16)9-20-13(17)10(2)3/h2,6-9H2,1,3-5H3. The molecule has 0 aromatic heterocycles. The molecule has 20 heavy (non-hydrogen) atoms. The fraction of sp³-hybridized carbons (Fsp3) is 0.643. The molecule has 0 spiro atoms. The van der Waals surface area contributed by atoms with E-state index in [0.717, 1.165) is 0 Å². The third-order valence-electron chi connectivity index (χ3n) is 2.77. The molecule has 0 aliphatic carbocycles. The van der Waals surface area contributed by atoms with E-state index in [0.29, 0.717) is 6.42 Å². The second-order valence-electron chi connectivity index (χ2n) is 4.77. The predicted octanol–water partition coefficient (Wildman–Crippen LogP) is 1.63. The van der Waals surface area contributed by atoms with Crippen molar-refractivity contribution in [1.82, 2.24) is 0 Å². The average Bonchev–Trinajstić information content (AvgIpc) is 2.37. The van der Waals surface area contributed by atoms with Crippen LogP contribution in [0.15, 0.2) is 12.2 Å². The van der Waals surface area contributed by atoms with Gasteiger partial charge in [0.05, 0.1) is 5.41 Å². The van der Waals surface area contributed by atoms with Crippen LogP contribution >= 0.6 is 0 Å². The minimum Gasteiger partial charge on any atom is -0.465 e. The normalized spacial score (nSPS) is 10.6. The lowest BCUT2D eigenvalue weighted by Crippen LogP contribution is -2.38. The first-order valence-corrected chi connectivity index (χ1v) is 6.32.